The van der Waals surface area contributed by atoms with Gasteiger partial charge in [0.05, 0.1) is 0 Å². The molecule has 1 heterocycles. The fourth-order valence-electron chi connectivity index (χ4n) is 9.26. The van der Waals surface area contributed by atoms with E-state index in [9.17, 15) is 0 Å². The molecule has 0 aliphatic heterocycles. The Bertz CT molecular complexity index is 3270. The van der Waals surface area contributed by atoms with Crippen molar-refractivity contribution in [3.63, 3.8) is 0 Å². The maximum Gasteiger partial charge on any atom is 0.0458 e. The van der Waals surface area contributed by atoms with E-state index in [4.69, 9.17) is 0 Å². The minimum absolute atomic E-state index is 0.349. The number of nitrogens with zero attached hydrogens (tertiary/aromatic N) is 1. The van der Waals surface area contributed by atoms with Crippen LogP contribution in [0.4, 0.5) is 11.4 Å². The molecule has 0 bridgehead atoms. The molecule has 1 aromatic heterocycles. The normalized spacial score (nSPS) is 14.0. The van der Waals surface area contributed by atoms with Crippen molar-refractivity contribution in [1.29, 1.82) is 0 Å². The maximum atomic E-state index is 2.48. The van der Waals surface area contributed by atoms with Gasteiger partial charge in [0.15, 0.2) is 0 Å². The van der Waals surface area contributed by atoms with Gasteiger partial charge in [-0.1, -0.05) is 177 Å². The van der Waals surface area contributed by atoms with Crippen LogP contribution in [0.15, 0.2) is 230 Å². The number of anilines is 2. The summed E-state index contributed by atoms with van der Waals surface area (Å²) in [6.07, 6.45) is 5.79. The van der Waals surface area contributed by atoms with Gasteiger partial charge in [-0.25, -0.2) is 0 Å². The number of hydrogen-bond donors (Lipinski definition) is 0. The zero-order chi connectivity index (χ0) is 40.7. The Morgan fingerprint density at radius 2 is 0.967 bits per heavy atom. The van der Waals surface area contributed by atoms with E-state index in [-0.39, 0.29) is 0 Å². The van der Waals surface area contributed by atoms with Crippen LogP contribution in [0.3, 0.4) is 0 Å². The first kappa shape index (κ1) is 36.8. The number of benzene rings is 9. The van der Waals surface area contributed by atoms with Crippen LogP contribution in [0.2, 0.25) is 0 Å². The molecule has 1 aliphatic rings. The van der Waals surface area contributed by atoms with Crippen molar-refractivity contribution in [2.45, 2.75) is 13.3 Å². The molecule has 2 heteroatoms. The second-order valence-electron chi connectivity index (χ2n) is 16.2. The van der Waals surface area contributed by atoms with Gasteiger partial charge in [-0.15, -0.1) is 11.3 Å². The van der Waals surface area contributed by atoms with Crippen molar-refractivity contribution in [2.24, 2.45) is 5.92 Å². The summed E-state index contributed by atoms with van der Waals surface area (Å²) in [5.74, 6) is 0.349. The largest absolute Gasteiger partial charge is 0.314 e. The van der Waals surface area contributed by atoms with Crippen molar-refractivity contribution in [1.82, 2.24) is 0 Å². The molecular weight excluding hydrogens is 755 g/mol. The number of rotatable bonds is 8. The van der Waals surface area contributed by atoms with E-state index in [0.717, 1.165) is 17.8 Å². The van der Waals surface area contributed by atoms with Crippen LogP contribution in [-0.2, 0) is 0 Å². The molecule has 1 unspecified atom stereocenters. The van der Waals surface area contributed by atoms with Gasteiger partial charge in [0.1, 0.15) is 0 Å². The summed E-state index contributed by atoms with van der Waals surface area (Å²) in [5.41, 5.74) is 15.9. The zero-order valence-corrected chi connectivity index (χ0v) is 34.8. The Morgan fingerprint density at radius 1 is 0.426 bits per heavy atom. The Labute approximate surface area is 361 Å². The van der Waals surface area contributed by atoms with Gasteiger partial charge in [-0.2, -0.15) is 0 Å². The van der Waals surface area contributed by atoms with Gasteiger partial charge in [0.2, 0.25) is 0 Å². The molecular formula is C59H43NS. The molecule has 0 N–H and O–H groups in total. The van der Waals surface area contributed by atoms with Gasteiger partial charge in [-0.05, 0) is 133 Å². The molecule has 1 nitrogen and oxygen atoms in total. The quantitative estimate of drug-likeness (QED) is 0.148. The number of allylic oxidation sites excluding steroid dienone is 4. The lowest BCUT2D eigenvalue weighted by Gasteiger charge is -2.32. The minimum atomic E-state index is 0.349. The van der Waals surface area contributed by atoms with Crippen LogP contribution in [0.5, 0.6) is 0 Å². The van der Waals surface area contributed by atoms with Crippen LogP contribution >= 0.6 is 11.3 Å². The number of fused-ring (bicyclic) bond motifs is 4. The predicted octanol–water partition coefficient (Wildman–Crippen LogP) is 17.0. The molecule has 1 atom stereocenters. The average Bonchev–Trinajstić information content (AvgIpc) is 3.71. The number of thiophene rings is 1. The van der Waals surface area contributed by atoms with E-state index in [1.54, 1.807) is 0 Å². The summed E-state index contributed by atoms with van der Waals surface area (Å²) < 4.78 is 2.65. The average molecular weight is 798 g/mol. The smallest absolute Gasteiger partial charge is 0.0458 e. The molecule has 61 heavy (non-hydrogen) atoms. The van der Waals surface area contributed by atoms with Crippen molar-refractivity contribution < 1.29 is 0 Å². The predicted molar refractivity (Wildman–Crippen MR) is 263 cm³/mol. The van der Waals surface area contributed by atoms with Crippen molar-refractivity contribution in [3.05, 3.63) is 236 Å². The van der Waals surface area contributed by atoms with Crippen molar-refractivity contribution >= 4 is 59.2 Å². The summed E-state index contributed by atoms with van der Waals surface area (Å²) in [6, 6.07) is 77.8. The molecule has 0 amide bonds. The fourth-order valence-corrected chi connectivity index (χ4v) is 10.4. The molecule has 0 radical (unpaired) electrons. The third-order valence-electron chi connectivity index (χ3n) is 12.2. The first-order valence-electron chi connectivity index (χ1n) is 21.2. The Balaban J connectivity index is 0.997. The topological polar surface area (TPSA) is 3.24 Å². The SMILES string of the molecule is CC1C=C(c2cccc(-c3cccc4ccccc34)c2)C=C(N(c2ccc(-c3cccc(-c4ccccc4)c3)cc2)c2ccc(-c3cccc4sc5ccccc5c34)cc2)C1. The lowest BCUT2D eigenvalue weighted by molar-refractivity contribution is 0.699. The van der Waals surface area contributed by atoms with Crippen molar-refractivity contribution in [3.8, 4) is 44.5 Å². The first-order chi connectivity index (χ1) is 30.1. The highest BCUT2D eigenvalue weighted by Crippen LogP contribution is 2.43. The third-order valence-corrected chi connectivity index (χ3v) is 13.3. The van der Waals surface area contributed by atoms with Gasteiger partial charge < -0.3 is 4.90 Å². The van der Waals surface area contributed by atoms with Gasteiger partial charge >= 0.3 is 0 Å². The second kappa shape index (κ2) is 15.7. The Hall–Kier alpha value is -7.26. The van der Waals surface area contributed by atoms with Gasteiger partial charge in [0.25, 0.3) is 0 Å². The molecule has 0 fully saturated rings. The molecule has 1 aliphatic carbocycles. The van der Waals surface area contributed by atoms with E-state index in [0.29, 0.717) is 5.92 Å². The van der Waals surface area contributed by atoms with Crippen LogP contribution in [0.25, 0.3) is 81.0 Å². The van der Waals surface area contributed by atoms with Crippen LogP contribution in [0.1, 0.15) is 18.9 Å². The van der Waals surface area contributed by atoms with Crippen molar-refractivity contribution in [2.75, 3.05) is 4.90 Å². The highest BCUT2D eigenvalue weighted by Gasteiger charge is 2.22. The number of hydrogen-bond acceptors (Lipinski definition) is 2. The van der Waals surface area contributed by atoms with Crippen LogP contribution < -0.4 is 4.90 Å². The highest BCUT2D eigenvalue weighted by atomic mass is 32.1. The zero-order valence-electron chi connectivity index (χ0n) is 34.0. The highest BCUT2D eigenvalue weighted by molar-refractivity contribution is 7.25. The lowest BCUT2D eigenvalue weighted by Crippen LogP contribution is -2.20. The summed E-state index contributed by atoms with van der Waals surface area (Å²) in [6.45, 7) is 2.34. The van der Waals surface area contributed by atoms with Gasteiger partial charge in [0, 0.05) is 37.2 Å². The van der Waals surface area contributed by atoms with E-state index < -0.39 is 0 Å². The molecule has 0 saturated carbocycles. The molecule has 9 aromatic carbocycles. The van der Waals surface area contributed by atoms with E-state index in [1.807, 2.05) is 11.3 Å². The summed E-state index contributed by atoms with van der Waals surface area (Å²) >= 11 is 1.87. The van der Waals surface area contributed by atoms with Crippen LogP contribution in [0, 0.1) is 5.92 Å². The minimum Gasteiger partial charge on any atom is -0.314 e. The maximum absolute atomic E-state index is 2.48. The molecule has 290 valence electrons. The standard InChI is InChI=1S/C59H43NS/c1-40-35-49(47-19-10-20-48(38-47)54-23-11-16-43-15-5-6-21-53(43)54)39-52(36-40)60(50-31-27-42(28-32-50)46-18-9-17-45(37-46)41-13-3-2-4-14-41)51-33-29-44(30-34-51)55-24-12-26-58-59(55)56-22-7-8-25-57(56)61-58/h2-35,37-40H,36H2,1H3. The summed E-state index contributed by atoms with van der Waals surface area (Å²) in [7, 11) is 0. The van der Waals surface area contributed by atoms with E-state index in [1.165, 1.54) is 92.3 Å². The second-order valence-corrected chi connectivity index (χ2v) is 17.3. The third kappa shape index (κ3) is 7.05. The molecule has 11 rings (SSSR count). The van der Waals surface area contributed by atoms with Crippen LogP contribution in [-0.4, -0.2) is 0 Å². The summed E-state index contributed by atoms with van der Waals surface area (Å²) in [5, 5.41) is 5.19. The van der Waals surface area contributed by atoms with Gasteiger partial charge in [-0.3, -0.25) is 0 Å². The summed E-state index contributed by atoms with van der Waals surface area (Å²) in [4.78, 5) is 2.48. The van der Waals surface area contributed by atoms with E-state index in [2.05, 4.69) is 236 Å². The lowest BCUT2D eigenvalue weighted by atomic mass is 9.88. The first-order valence-corrected chi connectivity index (χ1v) is 22.0. The fraction of sp³-hybridized carbons (Fsp3) is 0.0508. The van der Waals surface area contributed by atoms with E-state index >= 15 is 0 Å². The molecule has 0 saturated heterocycles. The molecule has 0 spiro atoms. The monoisotopic (exact) mass is 797 g/mol. The molecule has 10 aromatic rings. The Kier molecular flexibility index (Phi) is 9.49. The Morgan fingerprint density at radius 3 is 1.75 bits per heavy atom.